The first-order valence-corrected chi connectivity index (χ1v) is 9.58. The Morgan fingerprint density at radius 1 is 1.00 bits per heavy atom. The second-order valence-corrected chi connectivity index (χ2v) is 7.28. The van der Waals surface area contributed by atoms with Crippen LogP contribution in [0.4, 0.5) is 17.1 Å². The average Bonchev–Trinajstić information content (AvgIpc) is 2.60. The van der Waals surface area contributed by atoms with Crippen molar-refractivity contribution >= 4 is 38.7 Å². The third-order valence-electron chi connectivity index (χ3n) is 3.47. The van der Waals surface area contributed by atoms with Crippen LogP contribution in [-0.2, 0) is 10.0 Å². The molecular formula is C16H19ClN4O4S. The van der Waals surface area contributed by atoms with E-state index >= 15 is 0 Å². The number of aliphatic hydroxyl groups excluding tert-OH is 2. The van der Waals surface area contributed by atoms with Crippen LogP contribution in [0.15, 0.2) is 57.6 Å². The first-order chi connectivity index (χ1) is 12.3. The van der Waals surface area contributed by atoms with E-state index in [1.807, 2.05) is 0 Å². The van der Waals surface area contributed by atoms with Crippen LogP contribution >= 0.6 is 11.6 Å². The van der Waals surface area contributed by atoms with Gasteiger partial charge in [-0.1, -0.05) is 11.6 Å². The molecule has 2 aromatic rings. The van der Waals surface area contributed by atoms with Gasteiger partial charge in [0.1, 0.15) is 5.69 Å². The summed E-state index contributed by atoms with van der Waals surface area (Å²) in [5.74, 6) is 0. The van der Waals surface area contributed by atoms with Gasteiger partial charge in [-0.2, -0.15) is 5.11 Å². The van der Waals surface area contributed by atoms with Crippen molar-refractivity contribution in [2.75, 3.05) is 31.2 Å². The van der Waals surface area contributed by atoms with Gasteiger partial charge in [-0.3, -0.25) is 0 Å². The molecule has 4 N–H and O–H groups in total. The van der Waals surface area contributed by atoms with E-state index in [4.69, 9.17) is 27.0 Å². The molecule has 8 nitrogen and oxygen atoms in total. The van der Waals surface area contributed by atoms with Gasteiger partial charge >= 0.3 is 0 Å². The highest BCUT2D eigenvalue weighted by Gasteiger charge is 2.09. The Balaban J connectivity index is 2.18. The summed E-state index contributed by atoms with van der Waals surface area (Å²) in [7, 11) is -3.75. The lowest BCUT2D eigenvalue weighted by Crippen LogP contribution is -2.29. The van der Waals surface area contributed by atoms with Gasteiger partial charge in [0, 0.05) is 18.8 Å². The summed E-state index contributed by atoms with van der Waals surface area (Å²) < 4.78 is 22.4. The lowest BCUT2D eigenvalue weighted by Gasteiger charge is -2.23. The van der Waals surface area contributed by atoms with Gasteiger partial charge in [0.15, 0.2) is 0 Å². The summed E-state index contributed by atoms with van der Waals surface area (Å²) in [4.78, 5) is 1.78. The Labute approximate surface area is 156 Å². The predicted octanol–water partition coefficient (Wildman–Crippen LogP) is 2.19. The second-order valence-electron chi connectivity index (χ2n) is 5.31. The maximum atomic E-state index is 11.2. The van der Waals surface area contributed by atoms with Crippen molar-refractivity contribution in [3.8, 4) is 0 Å². The largest absolute Gasteiger partial charge is 0.395 e. The van der Waals surface area contributed by atoms with Crippen LogP contribution in [0.1, 0.15) is 0 Å². The lowest BCUT2D eigenvalue weighted by molar-refractivity contribution is 0.281. The molecule has 10 heteroatoms. The van der Waals surface area contributed by atoms with E-state index in [1.54, 1.807) is 23.1 Å². The fourth-order valence-corrected chi connectivity index (χ4v) is 2.93. The van der Waals surface area contributed by atoms with E-state index in [0.29, 0.717) is 29.5 Å². The second kappa shape index (κ2) is 9.06. The number of aliphatic hydroxyl groups is 2. The number of sulfonamides is 1. The van der Waals surface area contributed by atoms with Crippen molar-refractivity contribution < 1.29 is 18.6 Å². The molecule has 0 heterocycles. The Hall–Kier alpha value is -2.04. The quantitative estimate of drug-likeness (QED) is 0.587. The highest BCUT2D eigenvalue weighted by atomic mass is 35.5. The van der Waals surface area contributed by atoms with E-state index in [-0.39, 0.29) is 18.1 Å². The van der Waals surface area contributed by atoms with Crippen molar-refractivity contribution in [1.82, 2.24) is 0 Å². The van der Waals surface area contributed by atoms with Crippen LogP contribution in [0.5, 0.6) is 0 Å². The maximum absolute atomic E-state index is 11.2. The number of hydrogen-bond acceptors (Lipinski definition) is 7. The number of hydrogen-bond donors (Lipinski definition) is 3. The molecule has 0 radical (unpaired) electrons. The number of halogens is 1. The number of nitrogens with two attached hydrogens (primary N) is 1. The van der Waals surface area contributed by atoms with Crippen LogP contribution in [-0.4, -0.2) is 44.9 Å². The number of benzene rings is 2. The first kappa shape index (κ1) is 20.3. The van der Waals surface area contributed by atoms with Crippen molar-refractivity contribution in [3.05, 3.63) is 47.5 Å². The van der Waals surface area contributed by atoms with Crippen molar-refractivity contribution in [1.29, 1.82) is 0 Å². The molecule has 0 saturated heterocycles. The van der Waals surface area contributed by atoms with E-state index in [9.17, 15) is 8.42 Å². The van der Waals surface area contributed by atoms with Crippen LogP contribution in [0.2, 0.25) is 5.02 Å². The molecule has 2 aromatic carbocycles. The van der Waals surface area contributed by atoms with Gasteiger partial charge in [0.05, 0.1) is 28.8 Å². The molecule has 140 valence electrons. The highest BCUT2D eigenvalue weighted by Crippen LogP contribution is 2.31. The van der Waals surface area contributed by atoms with Gasteiger partial charge in [-0.05, 0) is 42.5 Å². The predicted molar refractivity (Wildman–Crippen MR) is 99.8 cm³/mol. The molecule has 0 aliphatic heterocycles. The third kappa shape index (κ3) is 5.48. The zero-order chi connectivity index (χ0) is 19.2. The summed E-state index contributed by atoms with van der Waals surface area (Å²) in [6.07, 6.45) is 0. The molecule has 0 aliphatic carbocycles. The van der Waals surface area contributed by atoms with Gasteiger partial charge in [0.2, 0.25) is 10.0 Å². The van der Waals surface area contributed by atoms with E-state index < -0.39 is 10.0 Å². The van der Waals surface area contributed by atoms with Crippen LogP contribution in [0.3, 0.4) is 0 Å². The van der Waals surface area contributed by atoms with Crippen LogP contribution in [0.25, 0.3) is 0 Å². The number of nitrogens with zero attached hydrogens (tertiary/aromatic N) is 3. The Morgan fingerprint density at radius 3 is 2.12 bits per heavy atom. The zero-order valence-corrected chi connectivity index (χ0v) is 15.4. The maximum Gasteiger partial charge on any atom is 0.238 e. The Morgan fingerprint density at radius 2 is 1.62 bits per heavy atom. The van der Waals surface area contributed by atoms with Crippen LogP contribution < -0.4 is 10.0 Å². The fraction of sp³-hybridized carbons (Fsp3) is 0.250. The lowest BCUT2D eigenvalue weighted by atomic mass is 10.2. The summed E-state index contributed by atoms with van der Waals surface area (Å²) in [5, 5.41) is 31.7. The van der Waals surface area contributed by atoms with E-state index in [1.165, 1.54) is 24.3 Å². The number of azo groups is 1. The molecule has 0 aromatic heterocycles. The van der Waals surface area contributed by atoms with E-state index in [0.717, 1.165) is 5.69 Å². The minimum absolute atomic E-state index is 0.00769. The molecule has 0 amide bonds. The van der Waals surface area contributed by atoms with E-state index in [2.05, 4.69) is 10.2 Å². The zero-order valence-electron chi connectivity index (χ0n) is 13.8. The smallest absolute Gasteiger partial charge is 0.238 e. The van der Waals surface area contributed by atoms with Gasteiger partial charge in [0.25, 0.3) is 0 Å². The first-order valence-electron chi connectivity index (χ1n) is 7.66. The Kier molecular flexibility index (Phi) is 7.06. The molecule has 2 rings (SSSR count). The molecule has 0 bridgehead atoms. The van der Waals surface area contributed by atoms with Crippen molar-refractivity contribution in [2.24, 2.45) is 15.4 Å². The van der Waals surface area contributed by atoms with Gasteiger partial charge in [-0.15, -0.1) is 5.11 Å². The molecule has 0 aliphatic rings. The molecule has 0 atom stereocenters. The Bertz CT molecular complexity index is 866. The number of rotatable bonds is 8. The summed E-state index contributed by atoms with van der Waals surface area (Å²) >= 11 is 6.22. The van der Waals surface area contributed by atoms with Crippen molar-refractivity contribution in [2.45, 2.75) is 4.90 Å². The fourth-order valence-electron chi connectivity index (χ4n) is 2.20. The molecule has 0 unspecified atom stereocenters. The molecule has 26 heavy (non-hydrogen) atoms. The highest BCUT2D eigenvalue weighted by molar-refractivity contribution is 7.89. The van der Waals surface area contributed by atoms with Crippen molar-refractivity contribution in [3.63, 3.8) is 0 Å². The minimum Gasteiger partial charge on any atom is -0.395 e. The number of primary sulfonamides is 1. The van der Waals surface area contributed by atoms with Gasteiger partial charge in [-0.25, -0.2) is 13.6 Å². The minimum atomic E-state index is -3.75. The summed E-state index contributed by atoms with van der Waals surface area (Å²) in [5.41, 5.74) is 1.62. The molecule has 0 fully saturated rings. The number of anilines is 1. The average molecular weight is 399 g/mol. The third-order valence-corrected chi connectivity index (χ3v) is 4.71. The topological polar surface area (TPSA) is 129 Å². The normalized spacial score (nSPS) is 11.8. The standard InChI is InChI=1S/C16H19ClN4O4S/c17-15-11-13(21(7-9-22)8-10-23)3-6-16(15)20-19-12-1-4-14(5-2-12)26(18,24)25/h1-6,11,22-23H,7-10H2,(H2,18,24,25). The van der Waals surface area contributed by atoms with Gasteiger partial charge < -0.3 is 15.1 Å². The SMILES string of the molecule is NS(=O)(=O)c1ccc(N=Nc2ccc(N(CCO)CCO)cc2Cl)cc1. The van der Waals surface area contributed by atoms with Crippen LogP contribution in [0, 0.1) is 0 Å². The summed E-state index contributed by atoms with van der Waals surface area (Å²) in [6, 6.07) is 10.8. The molecule has 0 spiro atoms. The summed E-state index contributed by atoms with van der Waals surface area (Å²) in [6.45, 7) is 0.642. The molecular weight excluding hydrogens is 380 g/mol. The molecule has 0 saturated carbocycles. The monoisotopic (exact) mass is 398 g/mol.